The van der Waals surface area contributed by atoms with Crippen LogP contribution in [0.15, 0.2) is 24.3 Å². The standard InChI is InChI=1S/C5H6O4.C4H6O2/c1-3(5(8)9)2-4(6)7;1-2-3-4(5)6/h1-2H2,(H,6,7)(H,8,9);2-3H,1H3,(H,5,6)/b;3-2+. The second-order valence-electron chi connectivity index (χ2n) is 2.32. The molecule has 0 aromatic carbocycles. The molecule has 6 nitrogen and oxygen atoms in total. The van der Waals surface area contributed by atoms with Gasteiger partial charge in [0.2, 0.25) is 0 Å². The molecule has 0 bridgehead atoms. The molecule has 0 radical (unpaired) electrons. The fraction of sp³-hybridized carbons (Fsp3) is 0.222. The van der Waals surface area contributed by atoms with Crippen molar-refractivity contribution in [2.24, 2.45) is 0 Å². The van der Waals surface area contributed by atoms with Crippen molar-refractivity contribution in [2.45, 2.75) is 13.3 Å². The highest BCUT2D eigenvalue weighted by molar-refractivity contribution is 5.91. The van der Waals surface area contributed by atoms with E-state index in [9.17, 15) is 14.4 Å². The topological polar surface area (TPSA) is 112 Å². The second kappa shape index (κ2) is 8.49. The van der Waals surface area contributed by atoms with Gasteiger partial charge in [-0.05, 0) is 6.92 Å². The Kier molecular flexibility index (Phi) is 8.69. The third kappa shape index (κ3) is 14.7. The first-order chi connectivity index (χ1) is 6.81. The maximum Gasteiger partial charge on any atom is 0.331 e. The number of carboxylic acids is 3. The quantitative estimate of drug-likeness (QED) is 0.598. The molecule has 0 atom stereocenters. The Hall–Kier alpha value is -2.11. The van der Waals surface area contributed by atoms with Gasteiger partial charge in [0.15, 0.2) is 0 Å². The van der Waals surface area contributed by atoms with Gasteiger partial charge in [0.1, 0.15) is 0 Å². The summed E-state index contributed by atoms with van der Waals surface area (Å²) >= 11 is 0. The molecular weight excluding hydrogens is 204 g/mol. The summed E-state index contributed by atoms with van der Waals surface area (Å²) in [6, 6.07) is 0. The summed E-state index contributed by atoms with van der Waals surface area (Å²) in [4.78, 5) is 29.2. The van der Waals surface area contributed by atoms with E-state index >= 15 is 0 Å². The first-order valence-electron chi connectivity index (χ1n) is 3.79. The van der Waals surface area contributed by atoms with Gasteiger partial charge in [-0.2, -0.15) is 0 Å². The molecule has 84 valence electrons. The maximum atomic E-state index is 9.87. The number of carbonyl (C=O) groups is 3. The third-order valence-corrected chi connectivity index (χ3v) is 0.976. The molecule has 3 N–H and O–H groups in total. The van der Waals surface area contributed by atoms with Crippen molar-refractivity contribution in [2.75, 3.05) is 0 Å². The number of aliphatic carboxylic acids is 3. The number of rotatable bonds is 4. The monoisotopic (exact) mass is 216 g/mol. The highest BCUT2D eigenvalue weighted by Crippen LogP contribution is 1.95. The summed E-state index contributed by atoms with van der Waals surface area (Å²) in [5.41, 5.74) is -0.303. The van der Waals surface area contributed by atoms with Gasteiger partial charge in [0.05, 0.1) is 6.42 Å². The van der Waals surface area contributed by atoms with Gasteiger partial charge in [-0.3, -0.25) is 4.79 Å². The Labute approximate surface area is 86.2 Å². The fourth-order valence-electron chi connectivity index (χ4n) is 0.401. The highest BCUT2D eigenvalue weighted by atomic mass is 16.4. The molecular formula is C9H12O6. The molecule has 0 heterocycles. The normalized spacial score (nSPS) is 8.87. The lowest BCUT2D eigenvalue weighted by atomic mass is 10.2. The van der Waals surface area contributed by atoms with Crippen molar-refractivity contribution in [3.8, 4) is 0 Å². The van der Waals surface area contributed by atoms with Gasteiger partial charge >= 0.3 is 17.9 Å². The van der Waals surface area contributed by atoms with Gasteiger partial charge < -0.3 is 15.3 Å². The zero-order valence-electron chi connectivity index (χ0n) is 8.14. The van der Waals surface area contributed by atoms with Crippen LogP contribution in [0.2, 0.25) is 0 Å². The van der Waals surface area contributed by atoms with Crippen LogP contribution in [-0.4, -0.2) is 33.2 Å². The average molecular weight is 216 g/mol. The molecule has 0 saturated heterocycles. The van der Waals surface area contributed by atoms with E-state index < -0.39 is 24.3 Å². The van der Waals surface area contributed by atoms with Gasteiger partial charge in [0.25, 0.3) is 0 Å². The Morgan fingerprint density at radius 2 is 1.67 bits per heavy atom. The minimum absolute atomic E-state index is 0.303. The minimum atomic E-state index is -1.27. The van der Waals surface area contributed by atoms with Gasteiger partial charge in [0, 0.05) is 11.6 Å². The summed E-state index contributed by atoms with van der Waals surface area (Å²) in [7, 11) is 0. The highest BCUT2D eigenvalue weighted by Gasteiger charge is 2.07. The van der Waals surface area contributed by atoms with Crippen LogP contribution >= 0.6 is 0 Å². The van der Waals surface area contributed by atoms with Crippen LogP contribution in [0, 0.1) is 0 Å². The van der Waals surface area contributed by atoms with Crippen molar-refractivity contribution < 1.29 is 29.7 Å². The van der Waals surface area contributed by atoms with E-state index in [0.717, 1.165) is 6.08 Å². The Balaban J connectivity index is 0. The minimum Gasteiger partial charge on any atom is -0.481 e. The third-order valence-electron chi connectivity index (χ3n) is 0.976. The van der Waals surface area contributed by atoms with E-state index in [-0.39, 0.29) is 5.57 Å². The molecule has 0 aromatic rings. The van der Waals surface area contributed by atoms with Crippen molar-refractivity contribution in [3.63, 3.8) is 0 Å². The first kappa shape index (κ1) is 15.4. The van der Waals surface area contributed by atoms with Gasteiger partial charge in [-0.15, -0.1) is 0 Å². The summed E-state index contributed by atoms with van der Waals surface area (Å²) in [6.07, 6.45) is 2.05. The van der Waals surface area contributed by atoms with Crippen LogP contribution in [0.25, 0.3) is 0 Å². The van der Waals surface area contributed by atoms with E-state index in [2.05, 4.69) is 6.58 Å². The zero-order chi connectivity index (χ0) is 12.4. The molecule has 0 aromatic heterocycles. The zero-order valence-corrected chi connectivity index (χ0v) is 8.14. The summed E-state index contributed by atoms with van der Waals surface area (Å²) < 4.78 is 0. The summed E-state index contributed by atoms with van der Waals surface area (Å²) in [5, 5.41) is 23.9. The molecule has 0 amide bonds. The number of hydrogen-bond donors (Lipinski definition) is 3. The van der Waals surface area contributed by atoms with Crippen LogP contribution in [0.3, 0.4) is 0 Å². The van der Waals surface area contributed by atoms with Gasteiger partial charge in [-0.25, -0.2) is 9.59 Å². The summed E-state index contributed by atoms with van der Waals surface area (Å²) in [6.45, 7) is 4.67. The smallest absolute Gasteiger partial charge is 0.331 e. The van der Waals surface area contributed by atoms with Gasteiger partial charge in [-0.1, -0.05) is 12.7 Å². The Bertz CT molecular complexity index is 289. The van der Waals surface area contributed by atoms with E-state index in [1.54, 1.807) is 6.92 Å². The molecule has 0 saturated carbocycles. The predicted octanol–water partition coefficient (Wildman–Crippen LogP) is 0.749. The summed E-state index contributed by atoms with van der Waals surface area (Å²) in [5.74, 6) is -3.34. The number of carboxylic acid groups (broad SMARTS) is 3. The lowest BCUT2D eigenvalue weighted by molar-refractivity contribution is -0.139. The van der Waals surface area contributed by atoms with E-state index in [1.807, 2.05) is 0 Å². The molecule has 6 heteroatoms. The molecule has 0 aliphatic rings. The van der Waals surface area contributed by atoms with E-state index in [0.29, 0.717) is 0 Å². The molecule has 0 fully saturated rings. The van der Waals surface area contributed by atoms with Crippen molar-refractivity contribution in [1.29, 1.82) is 0 Å². The van der Waals surface area contributed by atoms with Crippen LogP contribution in [0.1, 0.15) is 13.3 Å². The number of hydrogen-bond acceptors (Lipinski definition) is 3. The van der Waals surface area contributed by atoms with Crippen LogP contribution in [0.5, 0.6) is 0 Å². The lowest BCUT2D eigenvalue weighted by Crippen LogP contribution is -2.04. The molecule has 0 unspecified atom stereocenters. The fourth-order valence-corrected chi connectivity index (χ4v) is 0.401. The lowest BCUT2D eigenvalue weighted by Gasteiger charge is -1.91. The largest absolute Gasteiger partial charge is 0.481 e. The van der Waals surface area contributed by atoms with Crippen LogP contribution in [-0.2, 0) is 14.4 Å². The SMILES string of the molecule is C/C=C/C(=O)O.C=C(CC(=O)O)C(=O)O. The Morgan fingerprint density at radius 1 is 1.20 bits per heavy atom. The van der Waals surface area contributed by atoms with Crippen LogP contribution < -0.4 is 0 Å². The van der Waals surface area contributed by atoms with Crippen molar-refractivity contribution >= 4 is 17.9 Å². The van der Waals surface area contributed by atoms with E-state index in [1.165, 1.54) is 6.08 Å². The number of allylic oxidation sites excluding steroid dienone is 1. The molecule has 0 rings (SSSR count). The second-order valence-corrected chi connectivity index (χ2v) is 2.32. The van der Waals surface area contributed by atoms with Crippen LogP contribution in [0.4, 0.5) is 0 Å². The van der Waals surface area contributed by atoms with E-state index in [4.69, 9.17) is 15.3 Å². The molecule has 0 aliphatic carbocycles. The first-order valence-corrected chi connectivity index (χ1v) is 3.79. The Morgan fingerprint density at radius 3 is 1.73 bits per heavy atom. The molecule has 15 heavy (non-hydrogen) atoms. The molecule has 0 aliphatic heterocycles. The van der Waals surface area contributed by atoms with Crippen molar-refractivity contribution in [3.05, 3.63) is 24.3 Å². The molecule has 0 spiro atoms. The van der Waals surface area contributed by atoms with Crippen molar-refractivity contribution in [1.82, 2.24) is 0 Å². The maximum absolute atomic E-state index is 9.87. The average Bonchev–Trinajstić information content (AvgIpc) is 2.03. The predicted molar refractivity (Wildman–Crippen MR) is 51.5 cm³/mol.